The zero-order valence-corrected chi connectivity index (χ0v) is 17.9. The van der Waals surface area contributed by atoms with E-state index in [1.165, 1.54) is 30.0 Å². The molecule has 0 bridgehead atoms. The molecule has 0 radical (unpaired) electrons. The zero-order chi connectivity index (χ0) is 20.8. The molecule has 0 N–H and O–H groups in total. The molecule has 1 saturated heterocycles. The molecule has 2 atom stereocenters. The van der Waals surface area contributed by atoms with Gasteiger partial charge in [0.1, 0.15) is 11.6 Å². The predicted molar refractivity (Wildman–Crippen MR) is 123 cm³/mol. The molecule has 1 fully saturated rings. The summed E-state index contributed by atoms with van der Waals surface area (Å²) < 4.78 is 20.8. The van der Waals surface area contributed by atoms with E-state index in [9.17, 15) is 4.39 Å². The van der Waals surface area contributed by atoms with Crippen LogP contribution in [-0.4, -0.2) is 31.1 Å². The Bertz CT molecular complexity index is 956. The molecule has 1 heterocycles. The quantitative estimate of drug-likeness (QED) is 0.389. The lowest BCUT2D eigenvalue weighted by molar-refractivity contribution is 0.108. The third-order valence-corrected chi connectivity index (χ3v) is 6.39. The lowest BCUT2D eigenvalue weighted by Crippen LogP contribution is -2.42. The second-order valence-electron chi connectivity index (χ2n) is 8.50. The van der Waals surface area contributed by atoms with E-state index < -0.39 is 0 Å². The number of unbranched alkanes of at least 4 members (excludes halogenated alkanes) is 2. The van der Waals surface area contributed by atoms with Crippen LogP contribution in [0.25, 0.3) is 10.8 Å². The highest BCUT2D eigenvalue weighted by Gasteiger charge is 2.32. The molecule has 4 rings (SSSR count). The topological polar surface area (TPSA) is 12.5 Å². The smallest absolute Gasteiger partial charge is 0.126 e. The lowest BCUT2D eigenvalue weighted by Gasteiger charge is -2.39. The van der Waals surface area contributed by atoms with Crippen molar-refractivity contribution in [3.8, 4) is 5.75 Å². The highest BCUT2D eigenvalue weighted by molar-refractivity contribution is 5.83. The largest absolute Gasteiger partial charge is 0.493 e. The van der Waals surface area contributed by atoms with Crippen LogP contribution in [0, 0.1) is 11.7 Å². The summed E-state index contributed by atoms with van der Waals surface area (Å²) in [5.74, 6) is 1.29. The van der Waals surface area contributed by atoms with Crippen LogP contribution >= 0.6 is 0 Å². The Balaban J connectivity index is 1.49. The van der Waals surface area contributed by atoms with Gasteiger partial charge in [-0.3, -0.25) is 0 Å². The van der Waals surface area contributed by atoms with Gasteiger partial charge in [-0.2, -0.15) is 0 Å². The van der Waals surface area contributed by atoms with Gasteiger partial charge in [-0.15, -0.1) is 0 Å². The third kappa shape index (κ3) is 5.02. The van der Waals surface area contributed by atoms with Crippen LogP contribution in [0.3, 0.4) is 0 Å². The Hall–Kier alpha value is -2.39. The summed E-state index contributed by atoms with van der Waals surface area (Å²) in [5, 5.41) is 2.40. The Kier molecular flexibility index (Phi) is 7.01. The van der Waals surface area contributed by atoms with Crippen LogP contribution in [0.1, 0.15) is 44.1 Å². The van der Waals surface area contributed by atoms with Crippen LogP contribution in [0.2, 0.25) is 0 Å². The number of ether oxygens (including phenoxy) is 1. The van der Waals surface area contributed by atoms with Crippen molar-refractivity contribution in [2.75, 3.05) is 26.2 Å². The molecule has 3 aromatic carbocycles. The fraction of sp³-hybridized carbons (Fsp3) is 0.407. The molecule has 3 aromatic rings. The summed E-state index contributed by atoms with van der Waals surface area (Å²) in [5.41, 5.74) is 0.845. The van der Waals surface area contributed by atoms with Crippen molar-refractivity contribution in [2.24, 2.45) is 5.92 Å². The normalized spacial score (nSPS) is 19.8. The predicted octanol–water partition coefficient (Wildman–Crippen LogP) is 6.65. The fourth-order valence-electron chi connectivity index (χ4n) is 4.71. The van der Waals surface area contributed by atoms with Crippen molar-refractivity contribution >= 4 is 10.8 Å². The molecule has 0 aromatic heterocycles. The van der Waals surface area contributed by atoms with Gasteiger partial charge in [0.05, 0.1) is 6.61 Å². The number of likely N-dealkylation sites (tertiary alicyclic amines) is 1. The van der Waals surface area contributed by atoms with Gasteiger partial charge < -0.3 is 9.64 Å². The molecular formula is C27H32FNO. The van der Waals surface area contributed by atoms with Crippen molar-refractivity contribution in [2.45, 2.75) is 38.5 Å². The number of piperidine rings is 1. The first kappa shape index (κ1) is 20.9. The minimum atomic E-state index is -0.0855. The molecule has 3 heteroatoms. The van der Waals surface area contributed by atoms with E-state index in [4.69, 9.17) is 4.74 Å². The van der Waals surface area contributed by atoms with E-state index in [2.05, 4.69) is 48.2 Å². The molecule has 0 aliphatic carbocycles. The number of hydrogen-bond donors (Lipinski definition) is 0. The highest BCUT2D eigenvalue weighted by Crippen LogP contribution is 2.35. The zero-order valence-electron chi connectivity index (χ0n) is 17.9. The number of hydrogen-bond acceptors (Lipinski definition) is 2. The van der Waals surface area contributed by atoms with Gasteiger partial charge in [-0.1, -0.05) is 68.3 Å². The van der Waals surface area contributed by atoms with E-state index in [1.54, 1.807) is 12.1 Å². The minimum absolute atomic E-state index is 0.0855. The van der Waals surface area contributed by atoms with Gasteiger partial charge >= 0.3 is 0 Å². The first-order valence-corrected chi connectivity index (χ1v) is 11.3. The van der Waals surface area contributed by atoms with E-state index in [1.807, 2.05) is 18.2 Å². The maximum Gasteiger partial charge on any atom is 0.126 e. The first-order valence-electron chi connectivity index (χ1n) is 11.3. The Morgan fingerprint density at radius 1 is 0.967 bits per heavy atom. The summed E-state index contributed by atoms with van der Waals surface area (Å²) in [4.78, 5) is 2.54. The molecule has 30 heavy (non-hydrogen) atoms. The molecule has 158 valence electrons. The maximum absolute atomic E-state index is 14.6. The fourth-order valence-corrected chi connectivity index (χ4v) is 4.71. The van der Waals surface area contributed by atoms with E-state index in [-0.39, 0.29) is 17.7 Å². The SMILES string of the molecule is CCCCCN1CC[C@@H](c2ccccc2F)[C@H](COc2ccc3ccccc3c2)C1. The number of benzene rings is 3. The number of nitrogens with zero attached hydrogens (tertiary/aromatic N) is 1. The van der Waals surface area contributed by atoms with Crippen LogP contribution in [0.15, 0.2) is 66.7 Å². The molecular weight excluding hydrogens is 373 g/mol. The van der Waals surface area contributed by atoms with Gasteiger partial charge in [-0.25, -0.2) is 4.39 Å². The summed E-state index contributed by atoms with van der Waals surface area (Å²) in [6.07, 6.45) is 4.73. The van der Waals surface area contributed by atoms with Crippen molar-refractivity contribution in [3.05, 3.63) is 78.1 Å². The Morgan fingerprint density at radius 2 is 1.77 bits per heavy atom. The van der Waals surface area contributed by atoms with Crippen molar-refractivity contribution in [1.29, 1.82) is 0 Å². The van der Waals surface area contributed by atoms with E-state index >= 15 is 0 Å². The van der Waals surface area contributed by atoms with Crippen LogP contribution in [0.5, 0.6) is 5.75 Å². The third-order valence-electron chi connectivity index (χ3n) is 6.39. The van der Waals surface area contributed by atoms with Crippen LogP contribution in [0.4, 0.5) is 4.39 Å². The molecule has 0 unspecified atom stereocenters. The standard InChI is InChI=1S/C27H32FNO/c1-2-3-8-16-29-17-15-25(26-11-6-7-12-27(26)28)23(19-29)20-30-24-14-13-21-9-4-5-10-22(21)18-24/h4-7,9-14,18,23,25H,2-3,8,15-17,19-20H2,1H3/t23-,25+/m0/s1. The average Bonchev–Trinajstić information content (AvgIpc) is 2.78. The molecule has 2 nitrogen and oxygen atoms in total. The Morgan fingerprint density at radius 3 is 2.60 bits per heavy atom. The maximum atomic E-state index is 14.6. The van der Waals surface area contributed by atoms with Crippen LogP contribution in [-0.2, 0) is 0 Å². The highest BCUT2D eigenvalue weighted by atomic mass is 19.1. The van der Waals surface area contributed by atoms with Crippen molar-refractivity contribution < 1.29 is 9.13 Å². The molecule has 1 aliphatic rings. The number of rotatable bonds is 8. The van der Waals surface area contributed by atoms with Gasteiger partial charge in [0.2, 0.25) is 0 Å². The van der Waals surface area contributed by atoms with Gasteiger partial charge in [-0.05, 0) is 66.4 Å². The summed E-state index contributed by atoms with van der Waals surface area (Å²) in [6.45, 7) is 5.99. The second-order valence-corrected chi connectivity index (χ2v) is 8.50. The molecule has 0 amide bonds. The van der Waals surface area contributed by atoms with Crippen molar-refractivity contribution in [3.63, 3.8) is 0 Å². The molecule has 1 aliphatic heterocycles. The molecule has 0 spiro atoms. The summed E-state index contributed by atoms with van der Waals surface area (Å²) in [7, 11) is 0. The average molecular weight is 406 g/mol. The summed E-state index contributed by atoms with van der Waals surface area (Å²) >= 11 is 0. The Labute approximate surface area is 179 Å². The number of fused-ring (bicyclic) bond motifs is 1. The summed E-state index contributed by atoms with van der Waals surface area (Å²) in [6, 6.07) is 21.9. The van der Waals surface area contributed by atoms with Gasteiger partial charge in [0, 0.05) is 12.5 Å². The van der Waals surface area contributed by atoms with E-state index in [0.717, 1.165) is 37.4 Å². The van der Waals surface area contributed by atoms with Gasteiger partial charge in [0.25, 0.3) is 0 Å². The first-order chi connectivity index (χ1) is 14.7. The minimum Gasteiger partial charge on any atom is -0.493 e. The van der Waals surface area contributed by atoms with Gasteiger partial charge in [0.15, 0.2) is 0 Å². The lowest BCUT2D eigenvalue weighted by atomic mass is 9.80. The second kappa shape index (κ2) is 10.1. The molecule has 0 saturated carbocycles. The van der Waals surface area contributed by atoms with Crippen LogP contribution < -0.4 is 4.74 Å². The number of halogens is 1. The monoisotopic (exact) mass is 405 g/mol. The van der Waals surface area contributed by atoms with E-state index in [0.29, 0.717) is 6.61 Å². The van der Waals surface area contributed by atoms with Crippen molar-refractivity contribution in [1.82, 2.24) is 4.90 Å².